The predicted octanol–water partition coefficient (Wildman–Crippen LogP) is 1.70. The molecule has 2 aromatic rings. The molecule has 0 aliphatic heterocycles. The van der Waals surface area contributed by atoms with E-state index in [1.54, 1.807) is 12.3 Å². The van der Waals surface area contributed by atoms with Gasteiger partial charge in [0.1, 0.15) is 11.4 Å². The van der Waals surface area contributed by atoms with Crippen molar-refractivity contribution < 1.29 is 0 Å². The number of hydrogen-bond acceptors (Lipinski definition) is 5. The Balaban J connectivity index is 2.25. The molecular formula is C7H6BrN5S. The first-order valence-electron chi connectivity index (χ1n) is 3.70. The highest BCUT2D eigenvalue weighted by Crippen LogP contribution is 2.29. The minimum Gasteiger partial charge on any atom is -0.397 e. The van der Waals surface area contributed by atoms with Crippen LogP contribution in [-0.4, -0.2) is 20.2 Å². The van der Waals surface area contributed by atoms with Crippen molar-refractivity contribution in [3.8, 4) is 0 Å². The highest BCUT2D eigenvalue weighted by molar-refractivity contribution is 9.10. The maximum absolute atomic E-state index is 5.56. The van der Waals surface area contributed by atoms with Gasteiger partial charge in [0.15, 0.2) is 5.16 Å². The van der Waals surface area contributed by atoms with E-state index in [-0.39, 0.29) is 0 Å². The Labute approximate surface area is 92.7 Å². The van der Waals surface area contributed by atoms with Gasteiger partial charge >= 0.3 is 0 Å². The molecule has 0 atom stereocenters. The molecule has 0 fully saturated rings. The summed E-state index contributed by atoms with van der Waals surface area (Å²) < 4.78 is 0.846. The van der Waals surface area contributed by atoms with Gasteiger partial charge < -0.3 is 5.73 Å². The number of pyridine rings is 1. The zero-order chi connectivity index (χ0) is 9.97. The molecular weight excluding hydrogens is 266 g/mol. The highest BCUT2D eigenvalue weighted by atomic mass is 79.9. The molecule has 5 nitrogen and oxygen atoms in total. The fourth-order valence-corrected chi connectivity index (χ4v) is 2.10. The van der Waals surface area contributed by atoms with E-state index in [2.05, 4.69) is 36.1 Å². The average molecular weight is 272 g/mol. The van der Waals surface area contributed by atoms with Crippen LogP contribution in [0.3, 0.4) is 0 Å². The Hall–Kier alpha value is -1.08. The summed E-state index contributed by atoms with van der Waals surface area (Å²) in [7, 11) is 0. The van der Waals surface area contributed by atoms with Crippen molar-refractivity contribution in [2.75, 3.05) is 5.73 Å². The van der Waals surface area contributed by atoms with Crippen LogP contribution < -0.4 is 5.73 Å². The summed E-state index contributed by atoms with van der Waals surface area (Å²) in [6.45, 7) is 0. The number of rotatable bonds is 2. The molecule has 0 aliphatic rings. The number of nitrogens with two attached hydrogens (primary N) is 1. The van der Waals surface area contributed by atoms with Gasteiger partial charge in [0, 0.05) is 0 Å². The van der Waals surface area contributed by atoms with Crippen molar-refractivity contribution in [3.63, 3.8) is 0 Å². The highest BCUT2D eigenvalue weighted by Gasteiger charge is 2.05. The lowest BCUT2D eigenvalue weighted by Gasteiger charge is -2.00. The molecule has 0 radical (unpaired) electrons. The maximum Gasteiger partial charge on any atom is 0.189 e. The van der Waals surface area contributed by atoms with E-state index in [9.17, 15) is 0 Å². The summed E-state index contributed by atoms with van der Waals surface area (Å²) in [5.41, 5.74) is 6.19. The maximum atomic E-state index is 5.56. The quantitative estimate of drug-likeness (QED) is 0.869. The van der Waals surface area contributed by atoms with Crippen molar-refractivity contribution >= 4 is 33.4 Å². The predicted molar refractivity (Wildman–Crippen MR) is 56.9 cm³/mol. The molecule has 2 heterocycles. The fraction of sp³-hybridized carbons (Fsp3) is 0. The smallest absolute Gasteiger partial charge is 0.189 e. The Kier molecular flexibility index (Phi) is 2.69. The Morgan fingerprint density at radius 3 is 2.93 bits per heavy atom. The molecule has 0 unspecified atom stereocenters. The standard InChI is InChI=1S/C7H6BrN5S/c8-5-1-4(9)2-10-6(5)14-7-11-3-12-13-7/h1-3H,9H2,(H,11,12,13). The summed E-state index contributed by atoms with van der Waals surface area (Å²) in [4.78, 5) is 8.14. The molecule has 72 valence electrons. The molecule has 0 amide bonds. The van der Waals surface area contributed by atoms with E-state index in [1.165, 1.54) is 18.1 Å². The van der Waals surface area contributed by atoms with E-state index in [4.69, 9.17) is 5.73 Å². The van der Waals surface area contributed by atoms with E-state index in [0.29, 0.717) is 10.8 Å². The molecule has 3 N–H and O–H groups in total. The van der Waals surface area contributed by atoms with Crippen molar-refractivity contribution in [2.24, 2.45) is 0 Å². The second-order valence-electron chi connectivity index (χ2n) is 2.45. The van der Waals surface area contributed by atoms with Crippen LogP contribution in [0.25, 0.3) is 0 Å². The first kappa shape index (κ1) is 9.47. The summed E-state index contributed by atoms with van der Waals surface area (Å²) in [5, 5.41) is 7.98. The molecule has 0 aromatic carbocycles. The SMILES string of the molecule is Nc1cnc(Sc2ncn[nH]2)c(Br)c1. The van der Waals surface area contributed by atoms with Crippen molar-refractivity contribution in [1.29, 1.82) is 0 Å². The van der Waals surface area contributed by atoms with Gasteiger partial charge in [-0.15, -0.1) is 0 Å². The molecule has 2 rings (SSSR count). The van der Waals surface area contributed by atoms with E-state index in [1.807, 2.05) is 0 Å². The zero-order valence-corrected chi connectivity index (χ0v) is 9.34. The first-order valence-corrected chi connectivity index (χ1v) is 5.31. The molecule has 2 aromatic heterocycles. The van der Waals surface area contributed by atoms with Crippen LogP contribution in [0.15, 0.2) is 33.2 Å². The molecule has 14 heavy (non-hydrogen) atoms. The van der Waals surface area contributed by atoms with Crippen LogP contribution in [0, 0.1) is 0 Å². The van der Waals surface area contributed by atoms with Crippen LogP contribution in [0.5, 0.6) is 0 Å². The number of nitrogens with zero attached hydrogens (tertiary/aromatic N) is 3. The van der Waals surface area contributed by atoms with Crippen LogP contribution >= 0.6 is 27.7 Å². The van der Waals surface area contributed by atoms with Gasteiger partial charge in [-0.2, -0.15) is 5.10 Å². The third kappa shape index (κ3) is 2.05. The van der Waals surface area contributed by atoms with Crippen LogP contribution in [0.2, 0.25) is 0 Å². The second-order valence-corrected chi connectivity index (χ2v) is 4.28. The van der Waals surface area contributed by atoms with Gasteiger partial charge in [-0.3, -0.25) is 5.10 Å². The number of anilines is 1. The molecule has 0 bridgehead atoms. The number of halogens is 1. The summed E-state index contributed by atoms with van der Waals surface area (Å²) in [6.07, 6.45) is 3.05. The van der Waals surface area contributed by atoms with Gasteiger partial charge in [-0.05, 0) is 33.8 Å². The minimum atomic E-state index is 0.624. The van der Waals surface area contributed by atoms with E-state index < -0.39 is 0 Å². The van der Waals surface area contributed by atoms with Crippen LogP contribution in [0.4, 0.5) is 5.69 Å². The summed E-state index contributed by atoms with van der Waals surface area (Å²) in [6, 6.07) is 1.80. The first-order chi connectivity index (χ1) is 6.75. The topological polar surface area (TPSA) is 80.5 Å². The second kappa shape index (κ2) is 3.97. The van der Waals surface area contributed by atoms with Gasteiger partial charge in [-0.25, -0.2) is 9.97 Å². The Morgan fingerprint density at radius 1 is 1.43 bits per heavy atom. The van der Waals surface area contributed by atoms with Crippen molar-refractivity contribution in [3.05, 3.63) is 23.1 Å². The Bertz CT molecular complexity index is 430. The number of nitrogen functional groups attached to an aromatic ring is 1. The van der Waals surface area contributed by atoms with Gasteiger partial charge in [-0.1, -0.05) is 0 Å². The lowest BCUT2D eigenvalue weighted by atomic mass is 10.4. The lowest BCUT2D eigenvalue weighted by Crippen LogP contribution is -1.89. The molecule has 0 spiro atoms. The number of aromatic nitrogens is 4. The summed E-state index contributed by atoms with van der Waals surface area (Å²) >= 11 is 4.75. The van der Waals surface area contributed by atoms with Crippen molar-refractivity contribution in [2.45, 2.75) is 10.2 Å². The van der Waals surface area contributed by atoms with Gasteiger partial charge in [0.05, 0.1) is 16.4 Å². The van der Waals surface area contributed by atoms with Gasteiger partial charge in [0.2, 0.25) is 0 Å². The largest absolute Gasteiger partial charge is 0.397 e. The minimum absolute atomic E-state index is 0.624. The number of nitrogens with one attached hydrogen (secondary N) is 1. The monoisotopic (exact) mass is 271 g/mol. The average Bonchev–Trinajstić information content (AvgIpc) is 2.62. The van der Waals surface area contributed by atoms with Crippen LogP contribution in [0.1, 0.15) is 0 Å². The van der Waals surface area contributed by atoms with E-state index in [0.717, 1.165) is 9.50 Å². The number of H-pyrrole nitrogens is 1. The third-order valence-corrected chi connectivity index (χ3v) is 3.19. The molecule has 0 aliphatic carbocycles. The normalized spacial score (nSPS) is 10.4. The zero-order valence-electron chi connectivity index (χ0n) is 6.94. The molecule has 0 saturated heterocycles. The van der Waals surface area contributed by atoms with Crippen LogP contribution in [-0.2, 0) is 0 Å². The molecule has 7 heteroatoms. The van der Waals surface area contributed by atoms with E-state index >= 15 is 0 Å². The Morgan fingerprint density at radius 2 is 2.29 bits per heavy atom. The number of aromatic amines is 1. The lowest BCUT2D eigenvalue weighted by molar-refractivity contribution is 0.966. The van der Waals surface area contributed by atoms with Crippen molar-refractivity contribution in [1.82, 2.24) is 20.2 Å². The molecule has 0 saturated carbocycles. The van der Waals surface area contributed by atoms with Gasteiger partial charge in [0.25, 0.3) is 0 Å². The number of hydrogen-bond donors (Lipinski definition) is 2. The fourth-order valence-electron chi connectivity index (χ4n) is 0.850. The summed E-state index contributed by atoms with van der Waals surface area (Å²) in [5.74, 6) is 0. The third-order valence-electron chi connectivity index (χ3n) is 1.41.